The number of ether oxygens (including phenoxy) is 1. The largest absolute Gasteiger partial charge is 0.378 e. The van der Waals surface area contributed by atoms with Crippen LogP contribution < -0.4 is 0 Å². The lowest BCUT2D eigenvalue weighted by molar-refractivity contribution is -0.00893. The van der Waals surface area contributed by atoms with Gasteiger partial charge in [-0.3, -0.25) is 0 Å². The van der Waals surface area contributed by atoms with Gasteiger partial charge in [-0.15, -0.1) is 0 Å². The second-order valence-corrected chi connectivity index (χ2v) is 3.02. The average molecular weight is 118 g/mol. The maximum atomic E-state index is 4.95. The van der Waals surface area contributed by atoms with Crippen LogP contribution in [0.4, 0.5) is 0 Å². The fraction of sp³-hybridized carbons (Fsp3) is 1.00. The average Bonchev–Trinajstić information content (AvgIpc) is 1.61. The smallest absolute Gasteiger partial charge is 0.0633 e. The molecule has 0 aromatic carbocycles. The molecule has 0 spiro atoms. The summed E-state index contributed by atoms with van der Waals surface area (Å²) in [6.07, 6.45) is 1.12. The predicted octanol–water partition coefficient (Wildman–Crippen LogP) is 1.10. The van der Waals surface area contributed by atoms with Crippen LogP contribution in [0.25, 0.3) is 0 Å². The van der Waals surface area contributed by atoms with E-state index in [1.165, 1.54) is 0 Å². The molecule has 1 nitrogen and oxygen atoms in total. The van der Waals surface area contributed by atoms with E-state index in [2.05, 4.69) is 19.6 Å². The Balaban J connectivity index is 2.29. The minimum absolute atomic E-state index is 0.236. The van der Waals surface area contributed by atoms with Gasteiger partial charge in [0, 0.05) is 0 Å². The van der Waals surface area contributed by atoms with Crippen molar-refractivity contribution in [3.8, 4) is 0 Å². The van der Waals surface area contributed by atoms with Crippen LogP contribution in [-0.4, -0.2) is 18.0 Å². The molecular weight excluding hydrogens is 108 g/mol. The van der Waals surface area contributed by atoms with E-state index in [0.29, 0.717) is 0 Å². The second kappa shape index (κ2) is 1.67. The molecule has 1 aliphatic heterocycles. The maximum absolute atomic E-state index is 4.95. The molecule has 0 amide bonds. The molecule has 1 saturated heterocycles. The fourth-order valence-corrected chi connectivity index (χ4v) is 0.724. The molecule has 0 bridgehead atoms. The third-order valence-corrected chi connectivity index (χ3v) is 1.97. The molecule has 7 heavy (non-hydrogen) atoms. The minimum atomic E-state index is 0.236. The Morgan fingerprint density at radius 2 is 2.29 bits per heavy atom. The van der Waals surface area contributed by atoms with Crippen LogP contribution in [0.5, 0.6) is 0 Å². The van der Waals surface area contributed by atoms with E-state index >= 15 is 0 Å². The summed E-state index contributed by atoms with van der Waals surface area (Å²) < 4.78 is 5.19. The molecule has 1 heterocycles. The van der Waals surface area contributed by atoms with Gasteiger partial charge in [-0.2, -0.15) is 12.6 Å². The third-order valence-electron chi connectivity index (χ3n) is 1.40. The summed E-state index contributed by atoms with van der Waals surface area (Å²) >= 11 is 4.35. The number of rotatable bonds is 1. The molecule has 0 atom stereocenters. The van der Waals surface area contributed by atoms with Crippen LogP contribution in [0.3, 0.4) is 0 Å². The van der Waals surface area contributed by atoms with Crippen molar-refractivity contribution in [2.24, 2.45) is 0 Å². The first kappa shape index (κ1) is 5.45. The summed E-state index contributed by atoms with van der Waals surface area (Å²) in [5.74, 6) is 0. The highest BCUT2D eigenvalue weighted by molar-refractivity contribution is 7.82. The zero-order valence-corrected chi connectivity index (χ0v) is 5.37. The predicted molar refractivity (Wildman–Crippen MR) is 32.8 cm³/mol. The molecule has 42 valence electrons. The summed E-state index contributed by atoms with van der Waals surface area (Å²) in [6, 6.07) is 0. The lowest BCUT2D eigenvalue weighted by atomic mass is 10.0. The van der Waals surface area contributed by atoms with Crippen LogP contribution >= 0.6 is 12.6 Å². The van der Waals surface area contributed by atoms with Gasteiger partial charge in [0.2, 0.25) is 0 Å². The third kappa shape index (κ3) is 0.916. The van der Waals surface area contributed by atoms with Crippen molar-refractivity contribution in [3.05, 3.63) is 0 Å². The summed E-state index contributed by atoms with van der Waals surface area (Å²) in [6.45, 7) is 3.81. The summed E-state index contributed by atoms with van der Waals surface area (Å²) in [5, 5.41) is 0. The molecule has 1 rings (SSSR count). The zero-order valence-electron chi connectivity index (χ0n) is 4.48. The van der Waals surface area contributed by atoms with E-state index in [4.69, 9.17) is 4.74 Å². The Labute approximate surface area is 49.5 Å². The highest BCUT2D eigenvalue weighted by Gasteiger charge is 2.31. The lowest BCUT2D eigenvalue weighted by Gasteiger charge is -2.35. The second-order valence-electron chi connectivity index (χ2n) is 2.07. The van der Waals surface area contributed by atoms with Crippen LogP contribution in [0.15, 0.2) is 0 Å². The normalized spacial score (nSPS) is 26.6. The van der Waals surface area contributed by atoms with Crippen molar-refractivity contribution in [3.63, 3.8) is 0 Å². The van der Waals surface area contributed by atoms with E-state index in [-0.39, 0.29) is 4.75 Å². The first-order valence-electron chi connectivity index (χ1n) is 2.57. The number of hydrogen-bond donors (Lipinski definition) is 1. The van der Waals surface area contributed by atoms with Crippen molar-refractivity contribution >= 4 is 12.6 Å². The van der Waals surface area contributed by atoms with Crippen molar-refractivity contribution in [2.45, 2.75) is 18.1 Å². The molecule has 2 heteroatoms. The van der Waals surface area contributed by atoms with Crippen molar-refractivity contribution in [1.82, 2.24) is 0 Å². The molecule has 0 radical (unpaired) electrons. The first-order valence-corrected chi connectivity index (χ1v) is 3.02. The topological polar surface area (TPSA) is 9.23 Å². The molecule has 0 saturated carbocycles. The van der Waals surface area contributed by atoms with Gasteiger partial charge in [-0.05, 0) is 6.42 Å². The monoisotopic (exact) mass is 118 g/mol. The molecule has 0 aromatic rings. The van der Waals surface area contributed by atoms with E-state index < -0.39 is 0 Å². The number of thiol groups is 1. The van der Waals surface area contributed by atoms with Crippen molar-refractivity contribution in [2.75, 3.05) is 13.2 Å². The fourth-order valence-electron chi connectivity index (χ4n) is 0.542. The van der Waals surface area contributed by atoms with E-state index in [9.17, 15) is 0 Å². The van der Waals surface area contributed by atoms with E-state index in [1.54, 1.807) is 0 Å². The highest BCUT2D eigenvalue weighted by Crippen LogP contribution is 2.27. The minimum Gasteiger partial charge on any atom is -0.378 e. The van der Waals surface area contributed by atoms with Gasteiger partial charge >= 0.3 is 0 Å². The highest BCUT2D eigenvalue weighted by atomic mass is 32.1. The summed E-state index contributed by atoms with van der Waals surface area (Å²) in [4.78, 5) is 0. The van der Waals surface area contributed by atoms with Gasteiger partial charge in [0.25, 0.3) is 0 Å². The van der Waals surface area contributed by atoms with E-state index in [0.717, 1.165) is 19.6 Å². The van der Waals surface area contributed by atoms with Crippen LogP contribution in [0.1, 0.15) is 13.3 Å². The van der Waals surface area contributed by atoms with Gasteiger partial charge in [-0.1, -0.05) is 6.92 Å². The Bertz CT molecular complexity index is 63.0. The van der Waals surface area contributed by atoms with Gasteiger partial charge in [0.15, 0.2) is 0 Å². The number of hydrogen-bond acceptors (Lipinski definition) is 2. The van der Waals surface area contributed by atoms with Gasteiger partial charge in [0.05, 0.1) is 18.0 Å². The first-order chi connectivity index (χ1) is 3.27. The van der Waals surface area contributed by atoms with Gasteiger partial charge in [0.1, 0.15) is 0 Å². The molecule has 1 aliphatic rings. The Morgan fingerprint density at radius 1 is 1.71 bits per heavy atom. The Morgan fingerprint density at radius 3 is 2.29 bits per heavy atom. The lowest BCUT2D eigenvalue weighted by Crippen LogP contribution is -2.43. The van der Waals surface area contributed by atoms with Crippen molar-refractivity contribution < 1.29 is 4.74 Å². The summed E-state index contributed by atoms with van der Waals surface area (Å²) in [7, 11) is 0. The molecule has 0 aromatic heterocycles. The Hall–Kier alpha value is 0.310. The van der Waals surface area contributed by atoms with Crippen LogP contribution in [-0.2, 0) is 4.74 Å². The maximum Gasteiger partial charge on any atom is 0.0633 e. The SMILES string of the molecule is CCC1(S)COC1. The van der Waals surface area contributed by atoms with E-state index in [1.807, 2.05) is 0 Å². The van der Waals surface area contributed by atoms with Gasteiger partial charge < -0.3 is 4.74 Å². The van der Waals surface area contributed by atoms with Crippen LogP contribution in [0.2, 0.25) is 0 Å². The molecular formula is C5H10OS. The molecule has 0 N–H and O–H groups in total. The van der Waals surface area contributed by atoms with Crippen LogP contribution in [0, 0.1) is 0 Å². The van der Waals surface area contributed by atoms with Gasteiger partial charge in [-0.25, -0.2) is 0 Å². The standard InChI is InChI=1S/C5H10OS/c1-2-5(7)3-6-4-5/h7H,2-4H2,1H3. The quantitative estimate of drug-likeness (QED) is 0.507. The Kier molecular flexibility index (Phi) is 1.30. The summed E-state index contributed by atoms with van der Waals surface area (Å²) in [5.41, 5.74) is 0. The molecule has 1 fully saturated rings. The zero-order chi connectivity index (χ0) is 5.33. The molecule has 0 unspecified atom stereocenters. The van der Waals surface area contributed by atoms with Crippen molar-refractivity contribution in [1.29, 1.82) is 0 Å². The molecule has 0 aliphatic carbocycles.